The molecule has 0 atom stereocenters. The summed E-state index contributed by atoms with van der Waals surface area (Å²) in [5.41, 5.74) is 1.35. The first-order valence-corrected chi connectivity index (χ1v) is 39.5. The minimum Gasteiger partial charge on any atom is -0.481 e. The number of carboxylic acid groups (broad SMARTS) is 1. The number of rotatable bonds is 17. The van der Waals surface area contributed by atoms with Crippen molar-refractivity contribution in [2.45, 2.75) is 137 Å². The van der Waals surface area contributed by atoms with Crippen molar-refractivity contribution in [1.29, 1.82) is 0 Å². The number of carbonyl (C=O) groups excluding carboxylic acids is 1. The Morgan fingerprint density at radius 3 is 0.816 bits per heavy atom. The van der Waals surface area contributed by atoms with Gasteiger partial charge in [0.2, 0.25) is 0 Å². The van der Waals surface area contributed by atoms with Crippen LogP contribution in [0.4, 0.5) is 0 Å². The Morgan fingerprint density at radius 2 is 0.582 bits per heavy atom. The van der Waals surface area contributed by atoms with Crippen LogP contribution in [0.1, 0.15) is 135 Å². The van der Waals surface area contributed by atoms with E-state index in [0.29, 0.717) is 29.0 Å². The number of benzene rings is 9. The van der Waals surface area contributed by atoms with Gasteiger partial charge in [-0.1, -0.05) is 187 Å². The van der Waals surface area contributed by atoms with Crippen molar-refractivity contribution in [3.63, 3.8) is 0 Å². The average molecular weight is 1660 g/mol. The highest BCUT2D eigenvalue weighted by molar-refractivity contribution is 9.11. The van der Waals surface area contributed by atoms with Gasteiger partial charge < -0.3 is 26.6 Å². The number of hydrogen-bond donors (Lipinski definition) is 1. The van der Waals surface area contributed by atoms with Crippen molar-refractivity contribution >= 4 is 116 Å². The van der Waals surface area contributed by atoms with Crippen LogP contribution in [0, 0.1) is 0 Å². The first kappa shape index (κ1) is 73.6. The minimum atomic E-state index is -4.86. The molecule has 98 heavy (non-hydrogen) atoms. The lowest BCUT2D eigenvalue weighted by Crippen LogP contribution is -2.19. The molecule has 0 amide bonds. The number of halogens is 4. The van der Waals surface area contributed by atoms with E-state index in [4.69, 9.17) is 21.5 Å². The summed E-state index contributed by atoms with van der Waals surface area (Å²) in [5, 5.41) is 10.6. The van der Waals surface area contributed by atoms with Gasteiger partial charge in [0, 0.05) is 88.1 Å². The van der Waals surface area contributed by atoms with Gasteiger partial charge in [-0.25, -0.2) is 0 Å². The summed E-state index contributed by atoms with van der Waals surface area (Å²) in [6.07, 6.45) is -2.82. The van der Waals surface area contributed by atoms with Gasteiger partial charge in [-0.05, 0) is 153 Å². The number of ether oxygens (including phenoxy) is 1. The van der Waals surface area contributed by atoms with Crippen LogP contribution in [-0.4, -0.2) is 50.7 Å². The van der Waals surface area contributed by atoms with E-state index >= 15 is 33.7 Å². The third-order valence-corrected chi connectivity index (χ3v) is 23.2. The molecule has 0 aliphatic heterocycles. The fourth-order valence-corrected chi connectivity index (χ4v) is 16.2. The number of esters is 1. The Bertz CT molecular complexity index is 4870. The second-order valence-electron chi connectivity index (χ2n) is 26.9. The van der Waals surface area contributed by atoms with Crippen molar-refractivity contribution in [3.8, 4) is 28.7 Å². The van der Waals surface area contributed by atoms with Gasteiger partial charge in [0.05, 0.1) is 12.8 Å². The van der Waals surface area contributed by atoms with Crippen LogP contribution < -0.4 is 21.5 Å². The van der Waals surface area contributed by atoms with Crippen molar-refractivity contribution in [2.24, 2.45) is 0 Å². The number of carboxylic acids is 1. The smallest absolute Gasteiger partial charge is 0.339 e. The Kier molecular flexibility index (Phi) is 21.4. The van der Waals surface area contributed by atoms with Crippen LogP contribution in [0.15, 0.2) is 207 Å². The summed E-state index contributed by atoms with van der Waals surface area (Å²) in [4.78, 5) is 26.4. The van der Waals surface area contributed by atoms with Crippen LogP contribution in [0.5, 0.6) is 28.7 Å². The zero-order valence-electron chi connectivity index (χ0n) is 54.6. The lowest BCUT2D eigenvalue weighted by molar-refractivity contribution is -0.136. The van der Waals surface area contributed by atoms with Gasteiger partial charge >= 0.3 is 52.4 Å². The molecular formula is C74H68Br4O16S4. The van der Waals surface area contributed by atoms with Crippen molar-refractivity contribution < 1.29 is 69.8 Å². The highest BCUT2D eigenvalue weighted by Crippen LogP contribution is 2.46. The highest BCUT2D eigenvalue weighted by atomic mass is 79.9. The Hall–Kier alpha value is -7.16. The molecule has 1 aliphatic rings. The van der Waals surface area contributed by atoms with E-state index in [1.807, 2.05) is 74.4 Å². The van der Waals surface area contributed by atoms with E-state index in [-0.39, 0.29) is 109 Å². The predicted molar refractivity (Wildman–Crippen MR) is 388 cm³/mol. The third kappa shape index (κ3) is 17.7. The molecule has 10 rings (SSSR count). The number of hydrogen-bond acceptors (Lipinski definition) is 15. The Labute approximate surface area is 606 Å². The maximum atomic E-state index is 15.2. The summed E-state index contributed by atoms with van der Waals surface area (Å²) >= 11 is 13.6. The second-order valence-corrected chi connectivity index (χ2v) is 36.7. The van der Waals surface area contributed by atoms with Gasteiger partial charge in [-0.15, -0.1) is 0 Å². The van der Waals surface area contributed by atoms with E-state index < -0.39 is 102 Å². The maximum Gasteiger partial charge on any atom is 0.339 e. The number of aliphatic carboxylic acids is 1. The molecule has 0 heterocycles. The number of carbonyl (C=O) groups is 2. The fourth-order valence-electron chi connectivity index (χ4n) is 11.1. The predicted octanol–water partition coefficient (Wildman–Crippen LogP) is 17.2. The molecule has 1 aliphatic carbocycles. The van der Waals surface area contributed by atoms with Crippen LogP contribution in [-0.2, 0) is 105 Å². The van der Waals surface area contributed by atoms with Crippen molar-refractivity contribution in [1.82, 2.24) is 0 Å². The zero-order valence-corrected chi connectivity index (χ0v) is 64.2. The summed E-state index contributed by atoms with van der Waals surface area (Å²) in [6, 6.07) is 42.6. The van der Waals surface area contributed by atoms with Crippen LogP contribution >= 0.6 is 63.7 Å². The zero-order chi connectivity index (χ0) is 71.2. The molecule has 1 N–H and O–H groups in total. The summed E-state index contributed by atoms with van der Waals surface area (Å²) in [7, 11) is -19.4. The fraction of sp³-hybridized carbons (Fsp3) is 0.243. The molecular weight excluding hydrogens is 1590 g/mol. The topological polar surface area (TPSA) is 237 Å². The SMILES string of the molecule is CC(C)(C)c1ccc(OC(=O)Cc2cc3c(OS(=O)(=O)c4ccc(Br)cc4)c(c2)Cc2cc(C(C)(C)C)cc(c2OS(=O)(=O)c2ccc(Br)cc2)Cc2cc(CC(=O)O)cc(c2OS(=O)(=O)c2ccc(Br)cc2)Cc2cc(C(C)(C)C)cc(c2OS(=O)(=O)c2ccc(Br)cc2)C3)cc1. The monoisotopic (exact) mass is 1660 g/mol. The van der Waals surface area contributed by atoms with Gasteiger partial charge in [-0.2, -0.15) is 33.7 Å². The van der Waals surface area contributed by atoms with E-state index in [2.05, 4.69) is 63.7 Å². The standard InChI is InChI=1S/C74H68Br4O16S4/c1-72(2,3)54-10-20-61(21-11-54)90-67(81)35-45-32-48-38-52-42-55(73(4,5)6)40-50(70(52)93-97(86,87)64-26-16-59(77)17-27-64)36-46-30-44(34-66(79)80)31-47(68(46)91-95(82,83)62-22-12-57(75)13-23-62)37-51-41-56(74(7,8)9)43-53(71(51)94-98(88,89)65-28-18-60(78)19-29-65)39-49(33-45)69(48)92-96(84,85)63-24-14-58(76)15-25-63/h10-33,40-43H,34-39H2,1-9H3,(H,79,80). The summed E-state index contributed by atoms with van der Waals surface area (Å²) in [6.45, 7) is 17.6. The lowest BCUT2D eigenvalue weighted by atomic mass is 9.81. The molecule has 16 nitrogen and oxygen atoms in total. The van der Waals surface area contributed by atoms with Gasteiger partial charge in [-0.3, -0.25) is 9.59 Å². The van der Waals surface area contributed by atoms with E-state index in [0.717, 1.165) is 5.56 Å². The maximum absolute atomic E-state index is 15.2. The molecule has 9 aromatic carbocycles. The van der Waals surface area contributed by atoms with Crippen LogP contribution in [0.2, 0.25) is 0 Å². The van der Waals surface area contributed by atoms with E-state index in [9.17, 15) is 14.7 Å². The van der Waals surface area contributed by atoms with Crippen LogP contribution in [0.25, 0.3) is 0 Å². The summed E-state index contributed by atoms with van der Waals surface area (Å²) in [5.74, 6) is -2.95. The van der Waals surface area contributed by atoms with Gasteiger partial charge in [0.15, 0.2) is 0 Å². The molecule has 0 spiro atoms. The quantitative estimate of drug-likeness (QED) is 0.0507. The minimum absolute atomic E-state index is 0.0204. The molecule has 24 heteroatoms. The van der Waals surface area contributed by atoms with Gasteiger partial charge in [0.25, 0.3) is 0 Å². The molecule has 512 valence electrons. The van der Waals surface area contributed by atoms with Crippen LogP contribution in [0.3, 0.4) is 0 Å². The van der Waals surface area contributed by atoms with E-state index in [1.54, 1.807) is 48.5 Å². The normalized spacial score (nSPS) is 13.1. The van der Waals surface area contributed by atoms with Gasteiger partial charge in [0.1, 0.15) is 48.3 Å². The highest BCUT2D eigenvalue weighted by Gasteiger charge is 2.34. The molecule has 0 aromatic heterocycles. The molecule has 0 saturated carbocycles. The molecule has 8 bridgehead atoms. The Balaban J connectivity index is 1.35. The first-order chi connectivity index (χ1) is 45.7. The average Bonchev–Trinajstić information content (AvgIpc) is 0.756. The third-order valence-electron chi connectivity index (χ3n) is 16.2. The van der Waals surface area contributed by atoms with Crippen molar-refractivity contribution in [2.75, 3.05) is 0 Å². The van der Waals surface area contributed by atoms with Crippen molar-refractivity contribution in [3.05, 3.63) is 260 Å². The lowest BCUT2D eigenvalue weighted by Gasteiger charge is -2.27. The molecule has 0 radical (unpaired) electrons. The number of fused-ring (bicyclic) bond motifs is 8. The largest absolute Gasteiger partial charge is 0.481 e. The Morgan fingerprint density at radius 1 is 0.347 bits per heavy atom. The van der Waals surface area contributed by atoms with E-state index in [1.165, 1.54) is 109 Å². The summed E-state index contributed by atoms with van der Waals surface area (Å²) < 4.78 is 155. The molecule has 0 unspecified atom stereocenters. The molecule has 9 aromatic rings. The molecule has 0 fully saturated rings. The molecule has 0 saturated heterocycles. The first-order valence-electron chi connectivity index (χ1n) is 30.6. The second kappa shape index (κ2) is 28.5.